The summed E-state index contributed by atoms with van der Waals surface area (Å²) in [7, 11) is 0. The van der Waals surface area contributed by atoms with Crippen molar-refractivity contribution in [2.24, 2.45) is 5.92 Å². The quantitative estimate of drug-likeness (QED) is 0.677. The van der Waals surface area contributed by atoms with Crippen LogP contribution in [0.15, 0.2) is 18.2 Å². The summed E-state index contributed by atoms with van der Waals surface area (Å²) in [5, 5.41) is 20.6. The van der Waals surface area contributed by atoms with Crippen LogP contribution in [0.25, 0.3) is 0 Å². The molecule has 1 amide bonds. The van der Waals surface area contributed by atoms with Crippen LogP contribution in [0, 0.1) is 16.0 Å². The molecule has 0 spiro atoms. The molecule has 1 aromatic carbocycles. The average molecular weight is 278 g/mol. The monoisotopic (exact) mass is 278 g/mol. The van der Waals surface area contributed by atoms with Crippen LogP contribution in [-0.4, -0.2) is 33.9 Å². The molecule has 1 fully saturated rings. The van der Waals surface area contributed by atoms with Gasteiger partial charge >= 0.3 is 5.69 Å². The molecule has 1 saturated heterocycles. The molecule has 1 atom stereocenters. The third kappa shape index (κ3) is 2.74. The Morgan fingerprint density at radius 3 is 2.95 bits per heavy atom. The number of carbonyl (C=O) groups is 1. The molecular formula is C14H18N2O4. The lowest BCUT2D eigenvalue weighted by Crippen LogP contribution is -2.28. The Morgan fingerprint density at radius 2 is 2.30 bits per heavy atom. The highest BCUT2D eigenvalue weighted by Crippen LogP contribution is 2.31. The van der Waals surface area contributed by atoms with Crippen molar-refractivity contribution in [3.63, 3.8) is 0 Å². The number of hydrogen-bond acceptors (Lipinski definition) is 4. The number of amides is 1. The SMILES string of the molecule is CCCC1CCN(C(=O)c2cccc([N+](=O)[O-])c2O)C1. The van der Waals surface area contributed by atoms with E-state index >= 15 is 0 Å². The molecule has 0 aromatic heterocycles. The van der Waals surface area contributed by atoms with Crippen molar-refractivity contribution in [3.05, 3.63) is 33.9 Å². The zero-order valence-corrected chi connectivity index (χ0v) is 11.4. The van der Waals surface area contributed by atoms with E-state index in [1.165, 1.54) is 18.2 Å². The van der Waals surface area contributed by atoms with Crippen molar-refractivity contribution in [3.8, 4) is 5.75 Å². The summed E-state index contributed by atoms with van der Waals surface area (Å²) in [6.45, 7) is 3.41. The molecule has 0 saturated carbocycles. The Kier molecular flexibility index (Phi) is 4.22. The number of nitro groups is 1. The minimum Gasteiger partial charge on any atom is -0.502 e. The highest BCUT2D eigenvalue weighted by molar-refractivity contribution is 5.98. The van der Waals surface area contributed by atoms with Gasteiger partial charge in [-0.3, -0.25) is 14.9 Å². The standard InChI is InChI=1S/C14H18N2O4/c1-2-4-10-7-8-15(9-10)14(18)11-5-3-6-12(13(11)17)16(19)20/h3,5-6,10,17H,2,4,7-9H2,1H3. The number of hydrogen-bond donors (Lipinski definition) is 1. The first kappa shape index (κ1) is 14.3. The molecule has 1 aromatic rings. The molecule has 108 valence electrons. The van der Waals surface area contributed by atoms with Gasteiger partial charge in [0.15, 0.2) is 0 Å². The summed E-state index contributed by atoms with van der Waals surface area (Å²) >= 11 is 0. The van der Waals surface area contributed by atoms with Gasteiger partial charge in [-0.25, -0.2) is 0 Å². The van der Waals surface area contributed by atoms with E-state index in [9.17, 15) is 20.0 Å². The predicted molar refractivity (Wildman–Crippen MR) is 73.7 cm³/mol. The second-order valence-corrected chi connectivity index (χ2v) is 5.12. The first-order chi connectivity index (χ1) is 9.54. The molecule has 1 N–H and O–H groups in total. The van der Waals surface area contributed by atoms with Gasteiger partial charge in [-0.1, -0.05) is 19.4 Å². The predicted octanol–water partition coefficient (Wildman–Crippen LogP) is 2.56. The highest BCUT2D eigenvalue weighted by atomic mass is 16.6. The van der Waals surface area contributed by atoms with Crippen LogP contribution in [0.5, 0.6) is 5.75 Å². The van der Waals surface area contributed by atoms with Crippen molar-refractivity contribution in [1.82, 2.24) is 4.90 Å². The van der Waals surface area contributed by atoms with E-state index in [2.05, 4.69) is 6.92 Å². The summed E-state index contributed by atoms with van der Waals surface area (Å²) < 4.78 is 0. The molecule has 0 aliphatic carbocycles. The molecule has 0 bridgehead atoms. The smallest absolute Gasteiger partial charge is 0.311 e. The zero-order valence-electron chi connectivity index (χ0n) is 11.4. The normalized spacial score (nSPS) is 18.2. The lowest BCUT2D eigenvalue weighted by Gasteiger charge is -2.17. The Labute approximate surface area is 117 Å². The number of carbonyl (C=O) groups excluding carboxylic acids is 1. The fraction of sp³-hybridized carbons (Fsp3) is 0.500. The zero-order chi connectivity index (χ0) is 14.7. The van der Waals surface area contributed by atoms with Crippen LogP contribution in [0.3, 0.4) is 0 Å². The maximum Gasteiger partial charge on any atom is 0.311 e. The van der Waals surface area contributed by atoms with Crippen LogP contribution in [0.4, 0.5) is 5.69 Å². The van der Waals surface area contributed by atoms with Gasteiger partial charge < -0.3 is 10.0 Å². The second kappa shape index (κ2) is 5.90. The molecule has 6 heteroatoms. The van der Waals surface area contributed by atoms with Crippen LogP contribution in [-0.2, 0) is 0 Å². The van der Waals surface area contributed by atoms with E-state index in [-0.39, 0.29) is 11.5 Å². The summed E-state index contributed by atoms with van der Waals surface area (Å²) in [4.78, 5) is 24.1. The van der Waals surface area contributed by atoms with Gasteiger partial charge in [0.05, 0.1) is 10.5 Å². The van der Waals surface area contributed by atoms with Gasteiger partial charge in [0.2, 0.25) is 5.75 Å². The largest absolute Gasteiger partial charge is 0.502 e. The van der Waals surface area contributed by atoms with Crippen molar-refractivity contribution >= 4 is 11.6 Å². The Balaban J connectivity index is 2.18. The molecule has 6 nitrogen and oxygen atoms in total. The number of phenolic OH excluding ortho intramolecular Hbond substituents is 1. The van der Waals surface area contributed by atoms with Gasteiger partial charge in [-0.2, -0.15) is 0 Å². The van der Waals surface area contributed by atoms with Gasteiger partial charge in [0.1, 0.15) is 0 Å². The lowest BCUT2D eigenvalue weighted by atomic mass is 10.0. The van der Waals surface area contributed by atoms with Crippen LogP contribution >= 0.6 is 0 Å². The summed E-state index contributed by atoms with van der Waals surface area (Å²) in [6, 6.07) is 4.04. The van der Waals surface area contributed by atoms with Gasteiger partial charge in [-0.15, -0.1) is 0 Å². The fourth-order valence-corrected chi connectivity index (χ4v) is 2.68. The molecule has 20 heavy (non-hydrogen) atoms. The maximum absolute atomic E-state index is 12.3. The van der Waals surface area contributed by atoms with E-state index in [1.807, 2.05) is 0 Å². The summed E-state index contributed by atoms with van der Waals surface area (Å²) in [5.74, 6) is -0.379. The fourth-order valence-electron chi connectivity index (χ4n) is 2.68. The van der Waals surface area contributed by atoms with E-state index in [0.29, 0.717) is 19.0 Å². The number of aromatic hydroxyl groups is 1. The number of nitrogens with zero attached hydrogens (tertiary/aromatic N) is 2. The van der Waals surface area contributed by atoms with Gasteiger partial charge in [0.25, 0.3) is 5.91 Å². The molecule has 1 aliphatic rings. The third-order valence-corrected chi connectivity index (χ3v) is 3.71. The van der Waals surface area contributed by atoms with Crippen molar-refractivity contribution in [2.75, 3.05) is 13.1 Å². The van der Waals surface area contributed by atoms with Crippen LogP contribution in [0.1, 0.15) is 36.5 Å². The Bertz CT molecular complexity index is 530. The third-order valence-electron chi connectivity index (χ3n) is 3.71. The minimum absolute atomic E-state index is 0.0105. The van der Waals surface area contributed by atoms with Crippen molar-refractivity contribution in [1.29, 1.82) is 0 Å². The van der Waals surface area contributed by atoms with Crippen LogP contribution in [0.2, 0.25) is 0 Å². The number of nitro benzene ring substituents is 1. The van der Waals surface area contributed by atoms with Gasteiger partial charge in [-0.05, 0) is 24.8 Å². The molecule has 1 heterocycles. The molecule has 2 rings (SSSR count). The first-order valence-corrected chi connectivity index (χ1v) is 6.80. The molecule has 0 radical (unpaired) electrons. The maximum atomic E-state index is 12.3. The number of para-hydroxylation sites is 1. The van der Waals surface area contributed by atoms with E-state index in [1.54, 1.807) is 4.90 Å². The average Bonchev–Trinajstić information content (AvgIpc) is 2.87. The summed E-state index contributed by atoms with van der Waals surface area (Å²) in [5.41, 5.74) is -0.420. The topological polar surface area (TPSA) is 83.7 Å². The second-order valence-electron chi connectivity index (χ2n) is 5.12. The first-order valence-electron chi connectivity index (χ1n) is 6.80. The number of rotatable bonds is 4. The van der Waals surface area contributed by atoms with E-state index in [0.717, 1.165) is 19.3 Å². The summed E-state index contributed by atoms with van der Waals surface area (Å²) in [6.07, 6.45) is 3.11. The minimum atomic E-state index is -0.685. The molecular weight excluding hydrogens is 260 g/mol. The number of phenols is 1. The van der Waals surface area contributed by atoms with E-state index in [4.69, 9.17) is 0 Å². The Hall–Kier alpha value is -2.11. The van der Waals surface area contributed by atoms with E-state index < -0.39 is 16.4 Å². The molecule has 1 unspecified atom stereocenters. The Morgan fingerprint density at radius 1 is 1.55 bits per heavy atom. The lowest BCUT2D eigenvalue weighted by molar-refractivity contribution is -0.385. The van der Waals surface area contributed by atoms with Crippen molar-refractivity contribution in [2.45, 2.75) is 26.2 Å². The van der Waals surface area contributed by atoms with Crippen LogP contribution < -0.4 is 0 Å². The molecule has 1 aliphatic heterocycles. The number of likely N-dealkylation sites (tertiary alicyclic amines) is 1. The van der Waals surface area contributed by atoms with Gasteiger partial charge in [0, 0.05) is 19.2 Å². The number of benzene rings is 1. The van der Waals surface area contributed by atoms with Crippen molar-refractivity contribution < 1.29 is 14.8 Å². The highest BCUT2D eigenvalue weighted by Gasteiger charge is 2.29.